The fraction of sp³-hybridized carbons (Fsp3) is 0.316. The molecule has 5 nitrogen and oxygen atoms in total. The Morgan fingerprint density at radius 3 is 2.28 bits per heavy atom. The molecule has 0 saturated heterocycles. The molecular formula is C19H22N2O3S. The van der Waals surface area contributed by atoms with Crippen LogP contribution in [0.25, 0.3) is 0 Å². The minimum atomic E-state index is -3.85. The van der Waals surface area contributed by atoms with Crippen molar-refractivity contribution in [2.75, 3.05) is 19.0 Å². The summed E-state index contributed by atoms with van der Waals surface area (Å²) in [5.41, 5.74) is 2.65. The highest BCUT2D eigenvalue weighted by atomic mass is 32.2. The van der Waals surface area contributed by atoms with E-state index in [-0.39, 0.29) is 17.4 Å². The van der Waals surface area contributed by atoms with E-state index in [0.29, 0.717) is 5.56 Å². The lowest BCUT2D eigenvalue weighted by atomic mass is 9.95. The predicted molar refractivity (Wildman–Crippen MR) is 98.4 cm³/mol. The highest BCUT2D eigenvalue weighted by Crippen LogP contribution is 2.39. The third-order valence-electron chi connectivity index (χ3n) is 4.43. The van der Waals surface area contributed by atoms with Crippen LogP contribution in [0.2, 0.25) is 0 Å². The van der Waals surface area contributed by atoms with E-state index in [1.807, 2.05) is 69.2 Å². The quantitative estimate of drug-likeness (QED) is 0.842. The number of benzene rings is 2. The van der Waals surface area contributed by atoms with Crippen molar-refractivity contribution in [3.8, 4) is 0 Å². The van der Waals surface area contributed by atoms with E-state index in [1.54, 1.807) is 6.07 Å². The number of carbonyl (C=O) groups excluding carboxylic acids is 1. The molecular weight excluding hydrogens is 336 g/mol. The summed E-state index contributed by atoms with van der Waals surface area (Å²) in [5.74, 6) is -0.391. The molecule has 6 heteroatoms. The summed E-state index contributed by atoms with van der Waals surface area (Å²) in [4.78, 5) is 14.9. The topological polar surface area (TPSA) is 57.7 Å². The molecule has 132 valence electrons. The summed E-state index contributed by atoms with van der Waals surface area (Å²) in [6, 6.07) is 12.7. The first kappa shape index (κ1) is 17.5. The first-order chi connectivity index (χ1) is 11.7. The minimum absolute atomic E-state index is 0.0458. The van der Waals surface area contributed by atoms with Gasteiger partial charge >= 0.3 is 0 Å². The summed E-state index contributed by atoms with van der Waals surface area (Å²) >= 11 is 0. The standard InChI is InChI=1S/C19H22N2O3S/c1-13(2)16-10-15(20(3)4)11-17-18(16)19(22)21(25(17,23)24)12-14-8-6-5-7-9-14/h5-11,13H,12H2,1-4H3. The summed E-state index contributed by atoms with van der Waals surface area (Å²) in [6.45, 7) is 3.98. The average Bonchev–Trinajstić information content (AvgIpc) is 2.76. The number of hydrogen-bond donors (Lipinski definition) is 0. The first-order valence-electron chi connectivity index (χ1n) is 8.19. The second-order valence-corrected chi connectivity index (χ2v) is 8.59. The van der Waals surface area contributed by atoms with Gasteiger partial charge in [-0.2, -0.15) is 0 Å². The van der Waals surface area contributed by atoms with Crippen LogP contribution in [-0.4, -0.2) is 32.7 Å². The molecule has 0 bridgehead atoms. The summed E-state index contributed by atoms with van der Waals surface area (Å²) < 4.78 is 27.1. The van der Waals surface area contributed by atoms with Gasteiger partial charge in [-0.3, -0.25) is 4.79 Å². The van der Waals surface area contributed by atoms with Crippen LogP contribution in [-0.2, 0) is 16.6 Å². The number of anilines is 1. The number of rotatable bonds is 4. The highest BCUT2D eigenvalue weighted by molar-refractivity contribution is 7.90. The SMILES string of the molecule is CC(C)c1cc(N(C)C)cc2c1C(=O)N(Cc1ccccc1)S2(=O)=O. The molecule has 0 atom stereocenters. The van der Waals surface area contributed by atoms with E-state index in [4.69, 9.17) is 0 Å². The maximum Gasteiger partial charge on any atom is 0.269 e. The van der Waals surface area contributed by atoms with Gasteiger partial charge in [-0.15, -0.1) is 0 Å². The molecule has 1 aliphatic heterocycles. The van der Waals surface area contributed by atoms with E-state index < -0.39 is 15.9 Å². The lowest BCUT2D eigenvalue weighted by Gasteiger charge is -2.17. The normalized spacial score (nSPS) is 15.6. The summed E-state index contributed by atoms with van der Waals surface area (Å²) in [6.07, 6.45) is 0. The maximum absolute atomic E-state index is 13.0. The monoisotopic (exact) mass is 358 g/mol. The van der Waals surface area contributed by atoms with Crippen LogP contribution in [0.5, 0.6) is 0 Å². The first-order valence-corrected chi connectivity index (χ1v) is 9.63. The van der Waals surface area contributed by atoms with Gasteiger partial charge in [0.05, 0.1) is 12.1 Å². The van der Waals surface area contributed by atoms with Crippen LogP contribution in [0.4, 0.5) is 5.69 Å². The van der Waals surface area contributed by atoms with E-state index in [2.05, 4.69) is 0 Å². The second-order valence-electron chi connectivity index (χ2n) is 6.76. The molecule has 0 N–H and O–H groups in total. The molecule has 1 aliphatic rings. The molecule has 0 unspecified atom stereocenters. The van der Waals surface area contributed by atoms with Gasteiger partial charge in [0.25, 0.3) is 15.9 Å². The Morgan fingerprint density at radius 1 is 1.08 bits per heavy atom. The van der Waals surface area contributed by atoms with Crippen molar-refractivity contribution in [3.63, 3.8) is 0 Å². The van der Waals surface area contributed by atoms with Gasteiger partial charge in [-0.25, -0.2) is 12.7 Å². The second kappa shape index (κ2) is 6.19. The van der Waals surface area contributed by atoms with Gasteiger partial charge in [0.15, 0.2) is 0 Å². The molecule has 25 heavy (non-hydrogen) atoms. The molecule has 1 heterocycles. The number of amides is 1. The molecule has 0 spiro atoms. The lowest BCUT2D eigenvalue weighted by molar-refractivity contribution is 0.0863. The Bertz CT molecular complexity index is 919. The van der Waals surface area contributed by atoms with Crippen LogP contribution in [0.1, 0.15) is 41.3 Å². The van der Waals surface area contributed by atoms with Crippen molar-refractivity contribution >= 4 is 21.6 Å². The number of sulfonamides is 1. The molecule has 2 aromatic carbocycles. The van der Waals surface area contributed by atoms with Crippen LogP contribution in [0.3, 0.4) is 0 Å². The van der Waals surface area contributed by atoms with E-state index in [9.17, 15) is 13.2 Å². The van der Waals surface area contributed by atoms with Gasteiger partial charge in [-0.05, 0) is 29.2 Å². The van der Waals surface area contributed by atoms with Crippen molar-refractivity contribution in [1.29, 1.82) is 0 Å². The Labute approximate surface area is 148 Å². The van der Waals surface area contributed by atoms with Crippen molar-refractivity contribution in [3.05, 3.63) is 59.2 Å². The van der Waals surface area contributed by atoms with E-state index in [1.165, 1.54) is 0 Å². The molecule has 0 aliphatic carbocycles. The zero-order chi connectivity index (χ0) is 18.4. The molecule has 1 amide bonds. The van der Waals surface area contributed by atoms with Gasteiger partial charge in [-0.1, -0.05) is 44.2 Å². The smallest absolute Gasteiger partial charge is 0.269 e. The maximum atomic E-state index is 13.0. The number of fused-ring (bicyclic) bond motifs is 1. The largest absolute Gasteiger partial charge is 0.378 e. The van der Waals surface area contributed by atoms with Crippen LogP contribution >= 0.6 is 0 Å². The Hall–Kier alpha value is -2.34. The Balaban J connectivity index is 2.16. The zero-order valence-electron chi connectivity index (χ0n) is 14.9. The minimum Gasteiger partial charge on any atom is -0.378 e. The predicted octanol–water partition coefficient (Wildman–Crippen LogP) is 3.22. The van der Waals surface area contributed by atoms with E-state index in [0.717, 1.165) is 21.1 Å². The summed E-state index contributed by atoms with van der Waals surface area (Å²) in [7, 11) is -0.132. The van der Waals surface area contributed by atoms with Gasteiger partial charge in [0, 0.05) is 19.8 Å². The third kappa shape index (κ3) is 2.91. The van der Waals surface area contributed by atoms with E-state index >= 15 is 0 Å². The van der Waals surface area contributed by atoms with Crippen molar-refractivity contribution < 1.29 is 13.2 Å². The van der Waals surface area contributed by atoms with Crippen molar-refractivity contribution in [2.45, 2.75) is 31.2 Å². The molecule has 0 saturated carbocycles. The van der Waals surface area contributed by atoms with Crippen molar-refractivity contribution in [2.24, 2.45) is 0 Å². The van der Waals surface area contributed by atoms with Crippen LogP contribution in [0.15, 0.2) is 47.4 Å². The van der Waals surface area contributed by atoms with Gasteiger partial charge in [0.1, 0.15) is 4.90 Å². The molecule has 2 aromatic rings. The molecule has 3 rings (SSSR count). The Kier molecular flexibility index (Phi) is 4.33. The van der Waals surface area contributed by atoms with Crippen LogP contribution in [0, 0.1) is 0 Å². The van der Waals surface area contributed by atoms with Crippen molar-refractivity contribution in [1.82, 2.24) is 4.31 Å². The molecule has 0 radical (unpaired) electrons. The van der Waals surface area contributed by atoms with Gasteiger partial charge in [0.2, 0.25) is 0 Å². The number of carbonyl (C=O) groups is 1. The van der Waals surface area contributed by atoms with Crippen LogP contribution < -0.4 is 4.90 Å². The summed E-state index contributed by atoms with van der Waals surface area (Å²) in [5, 5.41) is 0. The molecule has 0 aromatic heterocycles. The average molecular weight is 358 g/mol. The highest BCUT2D eigenvalue weighted by Gasteiger charge is 2.43. The third-order valence-corrected chi connectivity index (χ3v) is 6.19. The number of hydrogen-bond acceptors (Lipinski definition) is 4. The fourth-order valence-corrected chi connectivity index (χ4v) is 4.63. The lowest BCUT2D eigenvalue weighted by Crippen LogP contribution is -2.29. The fourth-order valence-electron chi connectivity index (χ4n) is 3.03. The molecule has 0 fully saturated rings. The Morgan fingerprint density at radius 2 is 1.72 bits per heavy atom. The number of nitrogens with zero attached hydrogens (tertiary/aromatic N) is 2. The van der Waals surface area contributed by atoms with Gasteiger partial charge < -0.3 is 4.90 Å². The zero-order valence-corrected chi connectivity index (χ0v) is 15.7.